The molecule has 0 heterocycles. The average Bonchev–Trinajstić information content (AvgIpc) is 1.88. The van der Waals surface area contributed by atoms with Crippen LogP contribution in [0, 0.1) is 0 Å². The molecule has 0 aliphatic rings. The number of thiocarbonyl (C=S) groups is 1. The standard InChI is InChI=1S/C6H10N2OS/c1-5(3-4-9)8-6(10)7-2/h3-4H,1-2H3,(H2,7,8,10)/b5-3-. The minimum atomic E-state index is 0.510. The predicted octanol–water partition coefficient (Wildman–Crippen LogP) is 0.183. The van der Waals surface area contributed by atoms with Gasteiger partial charge in [0.2, 0.25) is 0 Å². The summed E-state index contributed by atoms with van der Waals surface area (Å²) in [6.07, 6.45) is 2.12. The summed E-state index contributed by atoms with van der Waals surface area (Å²) in [6.45, 7) is 1.76. The van der Waals surface area contributed by atoms with Crippen molar-refractivity contribution in [2.24, 2.45) is 0 Å². The predicted molar refractivity (Wildman–Crippen MR) is 44.6 cm³/mol. The Kier molecular flexibility index (Phi) is 4.49. The second-order valence-corrected chi connectivity index (χ2v) is 2.10. The molecule has 56 valence electrons. The van der Waals surface area contributed by atoms with Crippen molar-refractivity contribution in [3.8, 4) is 0 Å². The highest BCUT2D eigenvalue weighted by Crippen LogP contribution is 1.81. The number of aldehydes is 1. The van der Waals surface area contributed by atoms with Gasteiger partial charge in [-0.1, -0.05) is 0 Å². The maximum atomic E-state index is 9.91. The summed E-state index contributed by atoms with van der Waals surface area (Å²) in [5.41, 5.74) is 0.731. The van der Waals surface area contributed by atoms with Crippen molar-refractivity contribution >= 4 is 23.6 Å². The molecule has 0 unspecified atom stereocenters. The van der Waals surface area contributed by atoms with Crippen molar-refractivity contribution < 1.29 is 4.79 Å². The van der Waals surface area contributed by atoms with Crippen LogP contribution in [0.2, 0.25) is 0 Å². The second kappa shape index (κ2) is 4.93. The zero-order chi connectivity index (χ0) is 7.98. The molecule has 0 rings (SSSR count). The lowest BCUT2D eigenvalue weighted by atomic mass is 10.4. The molecule has 0 bridgehead atoms. The molecule has 0 saturated carbocycles. The molecule has 3 nitrogen and oxygen atoms in total. The molecule has 2 N–H and O–H groups in total. The van der Waals surface area contributed by atoms with Gasteiger partial charge in [-0.3, -0.25) is 4.79 Å². The molecular formula is C6H10N2OS. The molecule has 0 aromatic carbocycles. The summed E-state index contributed by atoms with van der Waals surface area (Å²) in [7, 11) is 1.71. The SMILES string of the molecule is CNC(=S)N/C(C)=C\C=O. The van der Waals surface area contributed by atoms with E-state index in [9.17, 15) is 4.79 Å². The van der Waals surface area contributed by atoms with E-state index in [-0.39, 0.29) is 0 Å². The van der Waals surface area contributed by atoms with Crippen molar-refractivity contribution in [2.45, 2.75) is 6.92 Å². The number of hydrogen-bond acceptors (Lipinski definition) is 2. The van der Waals surface area contributed by atoms with Gasteiger partial charge in [-0.15, -0.1) is 0 Å². The van der Waals surface area contributed by atoms with E-state index in [0.29, 0.717) is 11.4 Å². The number of nitrogens with one attached hydrogen (secondary N) is 2. The van der Waals surface area contributed by atoms with E-state index in [4.69, 9.17) is 12.2 Å². The van der Waals surface area contributed by atoms with Crippen molar-refractivity contribution in [1.82, 2.24) is 10.6 Å². The fourth-order valence-electron chi connectivity index (χ4n) is 0.385. The van der Waals surface area contributed by atoms with E-state index in [2.05, 4.69) is 10.6 Å². The summed E-state index contributed by atoms with van der Waals surface area (Å²) in [5.74, 6) is 0. The van der Waals surface area contributed by atoms with Gasteiger partial charge in [0.1, 0.15) is 6.29 Å². The quantitative estimate of drug-likeness (QED) is 0.342. The molecule has 4 heteroatoms. The Morgan fingerprint density at radius 3 is 2.60 bits per heavy atom. The number of carbonyl (C=O) groups excluding carboxylic acids is 1. The van der Waals surface area contributed by atoms with Crippen LogP contribution in [0.1, 0.15) is 6.92 Å². The summed E-state index contributed by atoms with van der Waals surface area (Å²) in [4.78, 5) is 9.91. The highest BCUT2D eigenvalue weighted by atomic mass is 32.1. The third-order valence-electron chi connectivity index (χ3n) is 0.856. The molecule has 0 radical (unpaired) electrons. The van der Waals surface area contributed by atoms with E-state index in [1.807, 2.05) is 0 Å². The highest BCUT2D eigenvalue weighted by Gasteiger charge is 1.89. The van der Waals surface area contributed by atoms with Gasteiger partial charge in [0.15, 0.2) is 5.11 Å². The van der Waals surface area contributed by atoms with Gasteiger partial charge >= 0.3 is 0 Å². The molecular weight excluding hydrogens is 148 g/mol. The first kappa shape index (κ1) is 9.10. The lowest BCUT2D eigenvalue weighted by Crippen LogP contribution is -2.30. The van der Waals surface area contributed by atoms with Gasteiger partial charge < -0.3 is 10.6 Å². The minimum Gasteiger partial charge on any atom is -0.366 e. The highest BCUT2D eigenvalue weighted by molar-refractivity contribution is 7.80. The molecule has 0 saturated heterocycles. The fourth-order valence-corrected chi connectivity index (χ4v) is 0.546. The van der Waals surface area contributed by atoms with Gasteiger partial charge in [-0.05, 0) is 25.2 Å². The van der Waals surface area contributed by atoms with E-state index in [1.54, 1.807) is 14.0 Å². The number of rotatable bonds is 2. The molecule has 0 spiro atoms. The van der Waals surface area contributed by atoms with Crippen LogP contribution in [0.25, 0.3) is 0 Å². The molecule has 0 aliphatic heterocycles. The van der Waals surface area contributed by atoms with Gasteiger partial charge in [0, 0.05) is 12.7 Å². The summed E-state index contributed by atoms with van der Waals surface area (Å²) < 4.78 is 0. The van der Waals surface area contributed by atoms with Crippen LogP contribution >= 0.6 is 12.2 Å². The van der Waals surface area contributed by atoms with E-state index in [0.717, 1.165) is 5.70 Å². The van der Waals surface area contributed by atoms with Gasteiger partial charge in [-0.2, -0.15) is 0 Å². The summed E-state index contributed by atoms with van der Waals surface area (Å²) in [5, 5.41) is 6.01. The lowest BCUT2D eigenvalue weighted by Gasteiger charge is -2.04. The topological polar surface area (TPSA) is 41.1 Å². The third-order valence-corrected chi connectivity index (χ3v) is 1.16. The third kappa shape index (κ3) is 4.03. The average molecular weight is 158 g/mol. The Hall–Kier alpha value is -0.900. The van der Waals surface area contributed by atoms with Gasteiger partial charge in [0.25, 0.3) is 0 Å². The first-order valence-corrected chi connectivity index (χ1v) is 3.22. The van der Waals surface area contributed by atoms with Crippen LogP contribution in [0.3, 0.4) is 0 Å². The van der Waals surface area contributed by atoms with Crippen molar-refractivity contribution in [2.75, 3.05) is 7.05 Å². The van der Waals surface area contributed by atoms with E-state index >= 15 is 0 Å². The molecule has 10 heavy (non-hydrogen) atoms. The van der Waals surface area contributed by atoms with Crippen LogP contribution in [0.15, 0.2) is 11.8 Å². The molecule has 0 amide bonds. The smallest absolute Gasteiger partial charge is 0.170 e. The number of carbonyl (C=O) groups is 1. The van der Waals surface area contributed by atoms with Crippen LogP contribution < -0.4 is 10.6 Å². The summed E-state index contributed by atoms with van der Waals surface area (Å²) >= 11 is 4.77. The van der Waals surface area contributed by atoms with E-state index < -0.39 is 0 Å². The maximum absolute atomic E-state index is 9.91. The summed E-state index contributed by atoms with van der Waals surface area (Å²) in [6, 6.07) is 0. The van der Waals surface area contributed by atoms with Crippen LogP contribution in [0.4, 0.5) is 0 Å². The largest absolute Gasteiger partial charge is 0.366 e. The normalized spacial score (nSPS) is 10.4. The van der Waals surface area contributed by atoms with Crippen LogP contribution in [0.5, 0.6) is 0 Å². The molecule has 0 atom stereocenters. The second-order valence-electron chi connectivity index (χ2n) is 1.69. The molecule has 0 aromatic heterocycles. The first-order valence-electron chi connectivity index (χ1n) is 2.81. The minimum absolute atomic E-state index is 0.510. The van der Waals surface area contributed by atoms with Crippen molar-refractivity contribution in [3.05, 3.63) is 11.8 Å². The zero-order valence-electron chi connectivity index (χ0n) is 5.97. The van der Waals surface area contributed by atoms with Crippen molar-refractivity contribution in [1.29, 1.82) is 0 Å². The molecule has 0 aliphatic carbocycles. The van der Waals surface area contributed by atoms with Crippen LogP contribution in [-0.2, 0) is 4.79 Å². The molecule has 0 fully saturated rings. The Balaban J connectivity index is 3.78. The maximum Gasteiger partial charge on any atom is 0.170 e. The number of hydrogen-bond donors (Lipinski definition) is 2. The monoisotopic (exact) mass is 158 g/mol. The Morgan fingerprint density at radius 1 is 1.60 bits per heavy atom. The Labute approximate surface area is 65.5 Å². The van der Waals surface area contributed by atoms with Gasteiger partial charge in [-0.25, -0.2) is 0 Å². The van der Waals surface area contributed by atoms with Crippen LogP contribution in [-0.4, -0.2) is 18.4 Å². The Morgan fingerprint density at radius 2 is 2.20 bits per heavy atom. The number of allylic oxidation sites excluding steroid dienone is 2. The molecule has 0 aromatic rings. The zero-order valence-corrected chi connectivity index (χ0v) is 6.79. The Bertz CT molecular complexity index is 165. The fraction of sp³-hybridized carbons (Fsp3) is 0.333. The van der Waals surface area contributed by atoms with Crippen molar-refractivity contribution in [3.63, 3.8) is 0 Å². The van der Waals surface area contributed by atoms with Gasteiger partial charge in [0.05, 0.1) is 0 Å². The van der Waals surface area contributed by atoms with E-state index in [1.165, 1.54) is 6.08 Å². The first-order chi connectivity index (χ1) is 4.70. The lowest BCUT2D eigenvalue weighted by molar-refractivity contribution is -0.104.